The van der Waals surface area contributed by atoms with Gasteiger partial charge in [-0.25, -0.2) is 4.79 Å². The Morgan fingerprint density at radius 3 is 1.66 bits per heavy atom. The number of nitrogens with two attached hydrogens (primary N) is 1. The first-order valence-electron chi connectivity index (χ1n) is 11.5. The van der Waals surface area contributed by atoms with E-state index in [4.69, 9.17) is 5.73 Å². The Kier molecular flexibility index (Phi) is 9.38. The van der Waals surface area contributed by atoms with Gasteiger partial charge in [0.1, 0.15) is 6.04 Å². The lowest BCUT2D eigenvalue weighted by atomic mass is 9.99. The maximum Gasteiger partial charge on any atom is 0.326 e. The molecule has 0 heterocycles. The highest BCUT2D eigenvalue weighted by Gasteiger charge is 2.35. The number of carbonyl (C=O) groups excluding carboxylic acids is 1. The van der Waals surface area contributed by atoms with Gasteiger partial charge >= 0.3 is 5.97 Å². The van der Waals surface area contributed by atoms with E-state index in [9.17, 15) is 24.2 Å². The van der Waals surface area contributed by atoms with Gasteiger partial charge in [0.2, 0.25) is 13.3 Å². The molecule has 7 nitrogen and oxygen atoms in total. The summed E-state index contributed by atoms with van der Waals surface area (Å²) < 4.78 is 13.3. The van der Waals surface area contributed by atoms with Gasteiger partial charge in [-0.1, -0.05) is 91.0 Å². The van der Waals surface area contributed by atoms with Crippen LogP contribution in [0.4, 0.5) is 0 Å². The lowest BCUT2D eigenvalue weighted by Crippen LogP contribution is -2.46. The molecule has 184 valence electrons. The van der Waals surface area contributed by atoms with E-state index in [1.165, 1.54) is 0 Å². The maximum absolute atomic E-state index is 13.3. The van der Waals surface area contributed by atoms with Gasteiger partial charge in [-0.05, 0) is 29.5 Å². The van der Waals surface area contributed by atoms with E-state index in [-0.39, 0.29) is 25.4 Å². The largest absolute Gasteiger partial charge is 0.480 e. The summed E-state index contributed by atoms with van der Waals surface area (Å²) in [5.74, 6) is -3.73. The number of benzene rings is 3. The third-order valence-electron chi connectivity index (χ3n) is 5.88. The predicted molar refractivity (Wildman–Crippen MR) is 136 cm³/mol. The van der Waals surface area contributed by atoms with Crippen molar-refractivity contribution in [3.8, 4) is 0 Å². The molecule has 0 aliphatic carbocycles. The zero-order valence-electron chi connectivity index (χ0n) is 19.4. The summed E-state index contributed by atoms with van der Waals surface area (Å²) in [7, 11) is -3.96. The van der Waals surface area contributed by atoms with E-state index in [0.717, 1.165) is 16.7 Å². The molecule has 0 aliphatic rings. The third kappa shape index (κ3) is 8.18. The average molecular weight is 495 g/mol. The van der Waals surface area contributed by atoms with Crippen molar-refractivity contribution in [1.82, 2.24) is 5.32 Å². The van der Waals surface area contributed by atoms with Crippen LogP contribution in [0.2, 0.25) is 0 Å². The lowest BCUT2D eigenvalue weighted by Gasteiger charge is -2.25. The van der Waals surface area contributed by atoms with E-state index >= 15 is 0 Å². The van der Waals surface area contributed by atoms with Crippen molar-refractivity contribution in [1.29, 1.82) is 0 Å². The van der Waals surface area contributed by atoms with Crippen molar-refractivity contribution < 1.29 is 24.2 Å². The average Bonchev–Trinajstić information content (AvgIpc) is 2.85. The summed E-state index contributed by atoms with van der Waals surface area (Å²) in [6.07, 6.45) is 0.136. The number of carboxylic acids is 1. The second-order valence-corrected chi connectivity index (χ2v) is 11.2. The number of hydrogen-bond acceptors (Lipinski definition) is 4. The SMILES string of the molecule is N[C@@H](Cc1ccccc1)P(=O)(O)C[C@H](Cc1ccccc1)C(=O)N[C@@H](Cc1ccccc1)C(=O)O. The second kappa shape index (κ2) is 12.5. The van der Waals surface area contributed by atoms with Crippen LogP contribution < -0.4 is 11.1 Å². The molecule has 1 amide bonds. The summed E-state index contributed by atoms with van der Waals surface area (Å²) in [4.78, 5) is 36.0. The minimum Gasteiger partial charge on any atom is -0.480 e. The molecule has 0 radical (unpaired) electrons. The first-order valence-corrected chi connectivity index (χ1v) is 13.4. The Balaban J connectivity index is 1.77. The van der Waals surface area contributed by atoms with Crippen molar-refractivity contribution in [2.45, 2.75) is 31.1 Å². The van der Waals surface area contributed by atoms with Crippen LogP contribution in [0.25, 0.3) is 0 Å². The van der Waals surface area contributed by atoms with Gasteiger partial charge in [0, 0.05) is 12.6 Å². The summed E-state index contributed by atoms with van der Waals surface area (Å²) in [6, 6.07) is 26.1. The number of carboxylic acid groups (broad SMARTS) is 1. The molecule has 3 aromatic carbocycles. The number of nitrogens with one attached hydrogen (secondary N) is 1. The first-order chi connectivity index (χ1) is 16.7. The van der Waals surface area contributed by atoms with E-state index in [0.29, 0.717) is 0 Å². The van der Waals surface area contributed by atoms with Crippen LogP contribution in [0.3, 0.4) is 0 Å². The highest BCUT2D eigenvalue weighted by atomic mass is 31.2. The Morgan fingerprint density at radius 2 is 1.20 bits per heavy atom. The van der Waals surface area contributed by atoms with Crippen molar-refractivity contribution in [2.75, 3.05) is 6.16 Å². The van der Waals surface area contributed by atoms with Gasteiger partial charge in [-0.3, -0.25) is 9.36 Å². The Hall–Kier alpha value is -3.25. The molecule has 0 spiro atoms. The first kappa shape index (κ1) is 26.4. The molecule has 3 aromatic rings. The Morgan fingerprint density at radius 1 is 0.771 bits per heavy atom. The van der Waals surface area contributed by atoms with Crippen LogP contribution in [-0.2, 0) is 33.4 Å². The zero-order chi connectivity index (χ0) is 25.3. The molecule has 35 heavy (non-hydrogen) atoms. The van der Waals surface area contributed by atoms with Crippen LogP contribution in [0.1, 0.15) is 16.7 Å². The van der Waals surface area contributed by atoms with Crippen LogP contribution >= 0.6 is 7.37 Å². The lowest BCUT2D eigenvalue weighted by molar-refractivity contribution is -0.142. The summed E-state index contributed by atoms with van der Waals surface area (Å²) in [6.45, 7) is 0. The molecule has 0 bridgehead atoms. The number of hydrogen-bond donors (Lipinski definition) is 4. The topological polar surface area (TPSA) is 130 Å². The quantitative estimate of drug-likeness (QED) is 0.286. The molecular formula is C27H31N2O5P. The van der Waals surface area contributed by atoms with E-state index < -0.39 is 37.0 Å². The minimum absolute atomic E-state index is 0.101. The standard InChI is InChI=1S/C27H31N2O5P/c28-25(18-22-14-8-3-9-15-22)35(33,34)19-23(16-20-10-4-1-5-11-20)26(30)29-24(27(31)32)17-21-12-6-2-7-13-21/h1-15,23-25H,16-19,28H2,(H,29,30)(H,31,32)(H,33,34)/t23-,24-,25+/m0/s1. The number of aliphatic carboxylic acids is 1. The van der Waals surface area contributed by atoms with Gasteiger partial charge in [0.25, 0.3) is 0 Å². The minimum atomic E-state index is -3.96. The van der Waals surface area contributed by atoms with Crippen LogP contribution in [0, 0.1) is 5.92 Å². The monoisotopic (exact) mass is 494 g/mol. The van der Waals surface area contributed by atoms with Gasteiger partial charge in [0.05, 0.1) is 11.7 Å². The molecule has 0 saturated carbocycles. The van der Waals surface area contributed by atoms with E-state index in [2.05, 4.69) is 5.32 Å². The summed E-state index contributed by atoms with van der Waals surface area (Å²) in [5, 5.41) is 12.3. The normalized spacial score (nSPS) is 15.4. The molecule has 0 saturated heterocycles. The van der Waals surface area contributed by atoms with Gasteiger partial charge < -0.3 is 21.1 Å². The van der Waals surface area contributed by atoms with Crippen molar-refractivity contribution in [2.24, 2.45) is 11.7 Å². The van der Waals surface area contributed by atoms with Gasteiger partial charge in [-0.2, -0.15) is 0 Å². The van der Waals surface area contributed by atoms with Crippen molar-refractivity contribution in [3.05, 3.63) is 108 Å². The maximum atomic E-state index is 13.3. The predicted octanol–water partition coefficient (Wildman–Crippen LogP) is 3.46. The summed E-state index contributed by atoms with van der Waals surface area (Å²) >= 11 is 0. The second-order valence-electron chi connectivity index (χ2n) is 8.67. The number of carbonyl (C=O) groups is 2. The smallest absolute Gasteiger partial charge is 0.326 e. The molecule has 3 rings (SSSR count). The molecule has 0 aliphatic heterocycles. The molecule has 0 fully saturated rings. The molecular weight excluding hydrogens is 463 g/mol. The third-order valence-corrected chi connectivity index (χ3v) is 8.06. The number of rotatable bonds is 12. The molecule has 1 unspecified atom stereocenters. The summed E-state index contributed by atoms with van der Waals surface area (Å²) in [5.41, 5.74) is 8.53. The van der Waals surface area contributed by atoms with Crippen LogP contribution in [-0.4, -0.2) is 39.9 Å². The fourth-order valence-corrected chi connectivity index (χ4v) is 5.62. The fourth-order valence-electron chi connectivity index (χ4n) is 3.93. The van der Waals surface area contributed by atoms with Crippen LogP contribution in [0.5, 0.6) is 0 Å². The highest BCUT2D eigenvalue weighted by molar-refractivity contribution is 7.58. The highest BCUT2D eigenvalue weighted by Crippen LogP contribution is 2.47. The van der Waals surface area contributed by atoms with Gasteiger partial charge in [0.15, 0.2) is 0 Å². The van der Waals surface area contributed by atoms with Crippen molar-refractivity contribution in [3.63, 3.8) is 0 Å². The Labute approximate surface area is 205 Å². The molecule has 8 heteroatoms. The molecule has 5 N–H and O–H groups in total. The molecule has 4 atom stereocenters. The van der Waals surface area contributed by atoms with Crippen LogP contribution in [0.15, 0.2) is 91.0 Å². The van der Waals surface area contributed by atoms with Crippen molar-refractivity contribution >= 4 is 19.2 Å². The van der Waals surface area contributed by atoms with E-state index in [1.54, 1.807) is 24.3 Å². The Bertz CT molecular complexity index is 1140. The molecule has 0 aromatic heterocycles. The van der Waals surface area contributed by atoms with E-state index in [1.807, 2.05) is 66.7 Å². The fraction of sp³-hybridized carbons (Fsp3) is 0.259. The number of amides is 1. The zero-order valence-corrected chi connectivity index (χ0v) is 20.3. The van der Waals surface area contributed by atoms with Gasteiger partial charge in [-0.15, -0.1) is 0 Å².